The Hall–Kier alpha value is -0.810. The maximum atomic E-state index is 9.17. The van der Waals surface area contributed by atoms with Gasteiger partial charge in [-0.25, -0.2) is 0 Å². The molecule has 1 N–H and O–H groups in total. The van der Waals surface area contributed by atoms with Gasteiger partial charge < -0.3 is 5.11 Å². The van der Waals surface area contributed by atoms with Crippen LogP contribution >= 0.6 is 0 Å². The highest BCUT2D eigenvalue weighted by atomic mass is 16.3. The van der Waals surface area contributed by atoms with Crippen molar-refractivity contribution in [2.45, 2.75) is 39.0 Å². The summed E-state index contributed by atoms with van der Waals surface area (Å²) in [6.07, 6.45) is 7.00. The zero-order valence-electron chi connectivity index (χ0n) is 8.21. The molecule has 0 aromatic heterocycles. The van der Waals surface area contributed by atoms with Gasteiger partial charge in [0, 0.05) is 6.42 Å². The molecular formula is C11H17NO. The van der Waals surface area contributed by atoms with E-state index in [9.17, 15) is 5.11 Å². The molecule has 0 aromatic rings. The second kappa shape index (κ2) is 4.43. The Morgan fingerprint density at radius 3 is 3.08 bits per heavy atom. The first-order valence-corrected chi connectivity index (χ1v) is 4.90. The van der Waals surface area contributed by atoms with Crippen molar-refractivity contribution in [3.8, 4) is 6.07 Å². The van der Waals surface area contributed by atoms with E-state index in [0.717, 1.165) is 24.8 Å². The van der Waals surface area contributed by atoms with Crippen LogP contribution in [0.1, 0.15) is 39.0 Å². The molecule has 72 valence electrons. The summed E-state index contributed by atoms with van der Waals surface area (Å²) in [6, 6.07) is 2.18. The smallest absolute Gasteiger partial charge is 0.0647 e. The molecule has 0 unspecified atom stereocenters. The van der Waals surface area contributed by atoms with Gasteiger partial charge in [-0.1, -0.05) is 13.0 Å². The van der Waals surface area contributed by atoms with Crippen LogP contribution in [0.2, 0.25) is 0 Å². The van der Waals surface area contributed by atoms with Crippen LogP contribution in [0.25, 0.3) is 0 Å². The van der Waals surface area contributed by atoms with E-state index in [4.69, 9.17) is 5.26 Å². The summed E-state index contributed by atoms with van der Waals surface area (Å²) >= 11 is 0. The van der Waals surface area contributed by atoms with E-state index in [2.05, 4.69) is 19.1 Å². The summed E-state index contributed by atoms with van der Waals surface area (Å²) in [5.41, 5.74) is 1.22. The highest BCUT2D eigenvalue weighted by Gasteiger charge is 2.29. The second-order valence-corrected chi connectivity index (χ2v) is 4.00. The van der Waals surface area contributed by atoms with Crippen LogP contribution in [0.5, 0.6) is 0 Å². The Morgan fingerprint density at radius 1 is 1.69 bits per heavy atom. The lowest BCUT2D eigenvalue weighted by Gasteiger charge is -2.34. The maximum absolute atomic E-state index is 9.17. The van der Waals surface area contributed by atoms with E-state index >= 15 is 0 Å². The normalized spacial score (nSPS) is 27.9. The standard InChI is InChI=1S/C11H17NO/c1-11(7-4-8-12)6-3-2-5-10(11)9-13/h5,13H,2-4,6-7,9H2,1H3/t11-/m1/s1. The van der Waals surface area contributed by atoms with E-state index in [-0.39, 0.29) is 12.0 Å². The van der Waals surface area contributed by atoms with Gasteiger partial charge in [0.05, 0.1) is 12.7 Å². The third kappa shape index (κ3) is 2.32. The first kappa shape index (κ1) is 10.3. The predicted molar refractivity (Wildman–Crippen MR) is 52.0 cm³/mol. The number of rotatable bonds is 3. The second-order valence-electron chi connectivity index (χ2n) is 4.00. The molecule has 1 atom stereocenters. The molecule has 1 aliphatic rings. The molecule has 2 nitrogen and oxygen atoms in total. The van der Waals surface area contributed by atoms with Gasteiger partial charge in [0.25, 0.3) is 0 Å². The topological polar surface area (TPSA) is 44.0 Å². The summed E-state index contributed by atoms with van der Waals surface area (Å²) in [6.45, 7) is 2.31. The van der Waals surface area contributed by atoms with E-state index in [1.807, 2.05) is 0 Å². The van der Waals surface area contributed by atoms with Crippen molar-refractivity contribution in [2.24, 2.45) is 5.41 Å². The van der Waals surface area contributed by atoms with Gasteiger partial charge in [0.15, 0.2) is 0 Å². The van der Waals surface area contributed by atoms with Crippen molar-refractivity contribution in [1.29, 1.82) is 5.26 Å². The fourth-order valence-corrected chi connectivity index (χ4v) is 2.05. The van der Waals surface area contributed by atoms with Gasteiger partial charge >= 0.3 is 0 Å². The van der Waals surface area contributed by atoms with Crippen molar-refractivity contribution in [1.82, 2.24) is 0 Å². The molecule has 13 heavy (non-hydrogen) atoms. The molecule has 0 fully saturated rings. The van der Waals surface area contributed by atoms with Gasteiger partial charge in [0.2, 0.25) is 0 Å². The summed E-state index contributed by atoms with van der Waals surface area (Å²) in [5.74, 6) is 0. The molecule has 0 amide bonds. The number of aliphatic hydroxyl groups excluding tert-OH is 1. The molecule has 0 saturated heterocycles. The zero-order chi connectivity index (χ0) is 9.73. The number of nitriles is 1. The van der Waals surface area contributed by atoms with Gasteiger partial charge in [-0.3, -0.25) is 0 Å². The molecule has 0 aliphatic heterocycles. The number of aliphatic hydroxyl groups is 1. The quantitative estimate of drug-likeness (QED) is 0.676. The predicted octanol–water partition coefficient (Wildman–Crippen LogP) is 2.40. The number of nitrogens with zero attached hydrogens (tertiary/aromatic N) is 1. The van der Waals surface area contributed by atoms with Gasteiger partial charge in [-0.05, 0) is 36.7 Å². The van der Waals surface area contributed by atoms with Crippen molar-refractivity contribution in [3.05, 3.63) is 11.6 Å². The summed E-state index contributed by atoms with van der Waals surface area (Å²) in [4.78, 5) is 0. The molecule has 1 aliphatic carbocycles. The third-order valence-electron chi connectivity index (χ3n) is 3.06. The summed E-state index contributed by atoms with van der Waals surface area (Å²) in [7, 11) is 0. The zero-order valence-corrected chi connectivity index (χ0v) is 8.21. The largest absolute Gasteiger partial charge is 0.392 e. The minimum absolute atomic E-state index is 0.0860. The lowest BCUT2D eigenvalue weighted by molar-refractivity contribution is 0.242. The van der Waals surface area contributed by atoms with Crippen LogP contribution in [0.3, 0.4) is 0 Å². The van der Waals surface area contributed by atoms with Crippen molar-refractivity contribution in [2.75, 3.05) is 6.61 Å². The minimum Gasteiger partial charge on any atom is -0.392 e. The highest BCUT2D eigenvalue weighted by Crippen LogP contribution is 2.40. The van der Waals surface area contributed by atoms with Gasteiger partial charge in [0.1, 0.15) is 0 Å². The van der Waals surface area contributed by atoms with E-state index in [0.29, 0.717) is 6.42 Å². The van der Waals surface area contributed by atoms with Crippen LogP contribution in [0.4, 0.5) is 0 Å². The fraction of sp³-hybridized carbons (Fsp3) is 0.727. The van der Waals surface area contributed by atoms with E-state index in [1.54, 1.807) is 0 Å². The fourth-order valence-electron chi connectivity index (χ4n) is 2.05. The highest BCUT2D eigenvalue weighted by molar-refractivity contribution is 5.16. The number of hydrogen-bond acceptors (Lipinski definition) is 2. The molecule has 2 heteroatoms. The van der Waals surface area contributed by atoms with Crippen molar-refractivity contribution < 1.29 is 5.11 Å². The molecule has 0 heterocycles. The maximum Gasteiger partial charge on any atom is 0.0647 e. The first-order valence-electron chi connectivity index (χ1n) is 4.90. The van der Waals surface area contributed by atoms with Crippen LogP contribution in [-0.4, -0.2) is 11.7 Å². The summed E-state index contributed by atoms with van der Waals surface area (Å²) < 4.78 is 0. The molecule has 0 spiro atoms. The molecule has 0 radical (unpaired) electrons. The lowest BCUT2D eigenvalue weighted by Crippen LogP contribution is -2.24. The van der Waals surface area contributed by atoms with Gasteiger partial charge in [-0.15, -0.1) is 0 Å². The first-order chi connectivity index (χ1) is 6.23. The van der Waals surface area contributed by atoms with Gasteiger partial charge in [-0.2, -0.15) is 5.26 Å². The van der Waals surface area contributed by atoms with E-state index < -0.39 is 0 Å². The Kier molecular flexibility index (Phi) is 3.50. The Balaban J connectivity index is 2.68. The average Bonchev–Trinajstić information content (AvgIpc) is 2.16. The third-order valence-corrected chi connectivity index (χ3v) is 3.06. The van der Waals surface area contributed by atoms with Crippen molar-refractivity contribution >= 4 is 0 Å². The molecule has 0 aromatic carbocycles. The van der Waals surface area contributed by atoms with Crippen LogP contribution in [0.15, 0.2) is 11.6 Å². The monoisotopic (exact) mass is 179 g/mol. The Labute approximate surface area is 79.9 Å². The number of hydrogen-bond donors (Lipinski definition) is 1. The molecule has 0 saturated carbocycles. The Bertz CT molecular complexity index is 239. The van der Waals surface area contributed by atoms with Crippen molar-refractivity contribution in [3.63, 3.8) is 0 Å². The molecular weight excluding hydrogens is 162 g/mol. The van der Waals surface area contributed by atoms with Crippen LogP contribution in [0, 0.1) is 16.7 Å². The number of allylic oxidation sites excluding steroid dienone is 1. The minimum atomic E-state index is 0.0860. The molecule has 0 bridgehead atoms. The van der Waals surface area contributed by atoms with Crippen LogP contribution < -0.4 is 0 Å². The summed E-state index contributed by atoms with van der Waals surface area (Å²) in [5, 5.41) is 17.7. The SMILES string of the molecule is C[C@]1(CCC#N)CCCC=C1CO. The lowest BCUT2D eigenvalue weighted by atomic mass is 9.71. The molecule has 1 rings (SSSR count). The Morgan fingerprint density at radius 2 is 2.46 bits per heavy atom. The van der Waals surface area contributed by atoms with Crippen LogP contribution in [-0.2, 0) is 0 Å². The van der Waals surface area contributed by atoms with E-state index in [1.165, 1.54) is 6.42 Å². The average molecular weight is 179 g/mol.